The number of hydrogen-bond acceptors (Lipinski definition) is 3. The molecule has 0 atom stereocenters. The van der Waals surface area contributed by atoms with Crippen molar-refractivity contribution in [3.63, 3.8) is 0 Å². The van der Waals surface area contributed by atoms with E-state index in [0.717, 1.165) is 6.07 Å². The summed E-state index contributed by atoms with van der Waals surface area (Å²) in [4.78, 5) is 16.4. The summed E-state index contributed by atoms with van der Waals surface area (Å²) in [6.45, 7) is 0.354. The molecule has 1 amide bonds. The maximum absolute atomic E-state index is 12.5. The van der Waals surface area contributed by atoms with Gasteiger partial charge in [0.15, 0.2) is 0 Å². The zero-order valence-electron chi connectivity index (χ0n) is 8.27. The van der Waals surface area contributed by atoms with Crippen LogP contribution < -0.4 is 0 Å². The molecule has 0 radical (unpaired) electrons. The molecule has 1 aromatic heterocycles. The van der Waals surface area contributed by atoms with Crippen molar-refractivity contribution >= 4 is 5.91 Å². The van der Waals surface area contributed by atoms with Crippen molar-refractivity contribution in [2.75, 3.05) is 13.6 Å². The van der Waals surface area contributed by atoms with Gasteiger partial charge >= 0.3 is 0 Å². The second-order valence-corrected chi connectivity index (χ2v) is 3.00. The number of carbonyl (C=O) groups excluding carboxylic acids is 1. The molecule has 0 aromatic carbocycles. The van der Waals surface area contributed by atoms with Crippen LogP contribution in [-0.2, 0) is 0 Å². The highest BCUT2D eigenvalue weighted by atomic mass is 19.1. The van der Waals surface area contributed by atoms with Crippen molar-refractivity contribution < 1.29 is 9.18 Å². The topological polar surface area (TPSA) is 57.0 Å². The maximum Gasteiger partial charge on any atom is 0.255 e. The minimum Gasteiger partial charge on any atom is -0.341 e. The fraction of sp³-hybridized carbons (Fsp3) is 0.300. The number of halogens is 1. The lowest BCUT2D eigenvalue weighted by Gasteiger charge is -2.14. The number of nitrogens with zero attached hydrogens (tertiary/aromatic N) is 3. The summed E-state index contributed by atoms with van der Waals surface area (Å²) in [7, 11) is 1.59. The number of rotatable bonds is 3. The van der Waals surface area contributed by atoms with Gasteiger partial charge in [-0.3, -0.25) is 4.79 Å². The Bertz CT molecular complexity index is 383. The minimum absolute atomic E-state index is 0.266. The van der Waals surface area contributed by atoms with Gasteiger partial charge in [0.2, 0.25) is 5.95 Å². The number of aromatic nitrogens is 1. The number of amides is 1. The Labute approximate surface area is 87.0 Å². The third-order valence-electron chi connectivity index (χ3n) is 1.88. The van der Waals surface area contributed by atoms with Gasteiger partial charge in [-0.25, -0.2) is 4.98 Å². The SMILES string of the molecule is CN(CCC#N)C(=O)c1ccc(F)nc1. The van der Waals surface area contributed by atoms with E-state index in [1.54, 1.807) is 7.05 Å². The normalized spacial score (nSPS) is 9.40. The monoisotopic (exact) mass is 207 g/mol. The van der Waals surface area contributed by atoms with Crippen LogP contribution in [0.4, 0.5) is 4.39 Å². The third kappa shape index (κ3) is 3.02. The van der Waals surface area contributed by atoms with E-state index in [0.29, 0.717) is 12.1 Å². The van der Waals surface area contributed by atoms with Crippen LogP contribution in [0.3, 0.4) is 0 Å². The molecule has 0 aliphatic rings. The lowest BCUT2D eigenvalue weighted by Crippen LogP contribution is -2.27. The van der Waals surface area contributed by atoms with Crippen LogP contribution in [-0.4, -0.2) is 29.4 Å². The van der Waals surface area contributed by atoms with Gasteiger partial charge in [0.25, 0.3) is 5.91 Å². The molecule has 1 aromatic rings. The van der Waals surface area contributed by atoms with Crippen LogP contribution in [0.15, 0.2) is 18.3 Å². The summed E-state index contributed by atoms with van der Waals surface area (Å²) in [6.07, 6.45) is 1.46. The first-order chi connectivity index (χ1) is 7.15. The highest BCUT2D eigenvalue weighted by molar-refractivity contribution is 5.93. The largest absolute Gasteiger partial charge is 0.341 e. The van der Waals surface area contributed by atoms with Crippen molar-refractivity contribution in [3.05, 3.63) is 29.8 Å². The van der Waals surface area contributed by atoms with Crippen molar-refractivity contribution in [3.8, 4) is 6.07 Å². The van der Waals surface area contributed by atoms with Gasteiger partial charge in [-0.05, 0) is 12.1 Å². The van der Waals surface area contributed by atoms with E-state index in [1.807, 2.05) is 6.07 Å². The molecular weight excluding hydrogens is 197 g/mol. The first-order valence-electron chi connectivity index (χ1n) is 4.39. The van der Waals surface area contributed by atoms with Crippen LogP contribution >= 0.6 is 0 Å². The number of hydrogen-bond donors (Lipinski definition) is 0. The van der Waals surface area contributed by atoms with Gasteiger partial charge in [-0.1, -0.05) is 0 Å². The Morgan fingerprint density at radius 3 is 2.93 bits per heavy atom. The molecule has 0 saturated carbocycles. The first-order valence-corrected chi connectivity index (χ1v) is 4.39. The van der Waals surface area contributed by atoms with Gasteiger partial charge in [0.1, 0.15) is 0 Å². The molecule has 0 fully saturated rings. The minimum atomic E-state index is -0.619. The summed E-state index contributed by atoms with van der Waals surface area (Å²) >= 11 is 0. The Kier molecular flexibility index (Phi) is 3.75. The molecule has 0 unspecified atom stereocenters. The van der Waals surface area contributed by atoms with Crippen LogP contribution in [0.25, 0.3) is 0 Å². The highest BCUT2D eigenvalue weighted by Crippen LogP contribution is 2.03. The van der Waals surface area contributed by atoms with E-state index in [1.165, 1.54) is 17.2 Å². The molecular formula is C10H10FN3O. The van der Waals surface area contributed by atoms with E-state index in [4.69, 9.17) is 5.26 Å². The van der Waals surface area contributed by atoms with Crippen LogP contribution in [0.1, 0.15) is 16.8 Å². The fourth-order valence-electron chi connectivity index (χ4n) is 1.04. The molecule has 0 spiro atoms. The van der Waals surface area contributed by atoms with Gasteiger partial charge in [-0.15, -0.1) is 0 Å². The Morgan fingerprint density at radius 2 is 2.40 bits per heavy atom. The van der Waals surface area contributed by atoms with Gasteiger partial charge < -0.3 is 4.90 Å². The second-order valence-electron chi connectivity index (χ2n) is 3.00. The Balaban J connectivity index is 2.68. The summed E-state index contributed by atoms with van der Waals surface area (Å²) in [5.41, 5.74) is 0.317. The number of nitriles is 1. The molecule has 0 bridgehead atoms. The second kappa shape index (κ2) is 5.05. The highest BCUT2D eigenvalue weighted by Gasteiger charge is 2.11. The van der Waals surface area contributed by atoms with E-state index >= 15 is 0 Å². The van der Waals surface area contributed by atoms with Crippen molar-refractivity contribution in [2.45, 2.75) is 6.42 Å². The smallest absolute Gasteiger partial charge is 0.255 e. The van der Waals surface area contributed by atoms with Gasteiger partial charge in [0, 0.05) is 19.8 Å². The van der Waals surface area contributed by atoms with E-state index in [9.17, 15) is 9.18 Å². The Hall–Kier alpha value is -1.96. The van der Waals surface area contributed by atoms with Crippen molar-refractivity contribution in [2.24, 2.45) is 0 Å². The third-order valence-corrected chi connectivity index (χ3v) is 1.88. The van der Waals surface area contributed by atoms with E-state index < -0.39 is 5.95 Å². The van der Waals surface area contributed by atoms with Crippen LogP contribution in [0.2, 0.25) is 0 Å². The summed E-state index contributed by atoms with van der Waals surface area (Å²) < 4.78 is 12.5. The fourth-order valence-corrected chi connectivity index (χ4v) is 1.04. The van der Waals surface area contributed by atoms with Gasteiger partial charge in [0.05, 0.1) is 18.1 Å². The zero-order valence-corrected chi connectivity index (χ0v) is 8.27. The predicted octanol–water partition coefficient (Wildman–Crippen LogP) is 1.21. The predicted molar refractivity (Wildman–Crippen MR) is 51.4 cm³/mol. The van der Waals surface area contributed by atoms with Crippen molar-refractivity contribution in [1.82, 2.24) is 9.88 Å². The molecule has 15 heavy (non-hydrogen) atoms. The van der Waals surface area contributed by atoms with Crippen molar-refractivity contribution in [1.29, 1.82) is 5.26 Å². The van der Waals surface area contributed by atoms with E-state index in [2.05, 4.69) is 4.98 Å². The van der Waals surface area contributed by atoms with Gasteiger partial charge in [-0.2, -0.15) is 9.65 Å². The maximum atomic E-state index is 12.5. The summed E-state index contributed by atoms with van der Waals surface area (Å²) in [5.74, 6) is -0.885. The Morgan fingerprint density at radius 1 is 1.67 bits per heavy atom. The van der Waals surface area contributed by atoms with E-state index in [-0.39, 0.29) is 12.3 Å². The molecule has 0 aliphatic carbocycles. The summed E-state index contributed by atoms with van der Waals surface area (Å²) in [6, 6.07) is 4.44. The average Bonchev–Trinajstić information content (AvgIpc) is 2.26. The molecule has 0 aliphatic heterocycles. The number of pyridine rings is 1. The quantitative estimate of drug-likeness (QED) is 0.700. The molecule has 0 N–H and O–H groups in total. The zero-order chi connectivity index (χ0) is 11.3. The molecule has 5 heteroatoms. The first kappa shape index (κ1) is 11.1. The molecule has 78 valence electrons. The average molecular weight is 207 g/mol. The van der Waals surface area contributed by atoms with Crippen LogP contribution in [0, 0.1) is 17.3 Å². The molecule has 1 rings (SSSR count). The molecule has 4 nitrogen and oxygen atoms in total. The molecule has 0 saturated heterocycles. The number of carbonyl (C=O) groups is 1. The summed E-state index contributed by atoms with van der Waals surface area (Å²) in [5, 5.41) is 8.35. The standard InChI is InChI=1S/C10H10FN3O/c1-14(6-2-5-12)10(15)8-3-4-9(11)13-7-8/h3-4,7H,2,6H2,1H3. The molecule has 1 heterocycles. The lowest BCUT2D eigenvalue weighted by molar-refractivity contribution is 0.0797. The van der Waals surface area contributed by atoms with Crippen LogP contribution in [0.5, 0.6) is 0 Å². The lowest BCUT2D eigenvalue weighted by atomic mass is 10.2.